The number of aromatic nitrogens is 2. The monoisotopic (exact) mass is 286 g/mol. The van der Waals surface area contributed by atoms with Gasteiger partial charge in [-0.25, -0.2) is 0 Å². The summed E-state index contributed by atoms with van der Waals surface area (Å²) >= 11 is 0. The molecule has 6 heteroatoms. The first-order valence-electron chi connectivity index (χ1n) is 6.78. The number of nitrogens with zero attached hydrogens (tertiary/aromatic N) is 2. The predicted molar refractivity (Wildman–Crippen MR) is 80.3 cm³/mol. The van der Waals surface area contributed by atoms with Gasteiger partial charge in [0.2, 0.25) is 11.8 Å². The topological polar surface area (TPSA) is 76.1 Å². The zero-order chi connectivity index (χ0) is 14.9. The Morgan fingerprint density at radius 3 is 2.95 bits per heavy atom. The lowest BCUT2D eigenvalue weighted by Crippen LogP contribution is -2.15. The van der Waals surface area contributed by atoms with Crippen molar-refractivity contribution in [2.24, 2.45) is 0 Å². The Morgan fingerprint density at radius 1 is 1.29 bits per heavy atom. The van der Waals surface area contributed by atoms with Crippen LogP contribution in [0.5, 0.6) is 11.6 Å². The smallest absolute Gasteiger partial charge is 0.238 e. The van der Waals surface area contributed by atoms with E-state index in [9.17, 15) is 4.79 Å². The summed E-state index contributed by atoms with van der Waals surface area (Å²) in [7, 11) is 1.87. The molecular weight excluding hydrogens is 268 g/mol. The van der Waals surface area contributed by atoms with E-state index in [1.54, 1.807) is 30.5 Å². The van der Waals surface area contributed by atoms with Gasteiger partial charge in [-0.3, -0.25) is 4.79 Å². The van der Waals surface area contributed by atoms with Gasteiger partial charge in [0.05, 0.1) is 0 Å². The SMILES string of the molecule is CNCCCC(=O)Nc1cccc(Oc2cccnn2)c1. The molecule has 0 aliphatic heterocycles. The van der Waals surface area contributed by atoms with Gasteiger partial charge in [-0.15, -0.1) is 5.10 Å². The van der Waals surface area contributed by atoms with Crippen molar-refractivity contribution in [1.82, 2.24) is 15.5 Å². The van der Waals surface area contributed by atoms with Crippen molar-refractivity contribution in [2.45, 2.75) is 12.8 Å². The molecule has 0 fully saturated rings. The molecule has 2 aromatic rings. The molecule has 0 radical (unpaired) electrons. The third kappa shape index (κ3) is 5.19. The second kappa shape index (κ2) is 7.96. The number of hydrogen-bond acceptors (Lipinski definition) is 5. The quantitative estimate of drug-likeness (QED) is 0.763. The highest BCUT2D eigenvalue weighted by molar-refractivity contribution is 5.90. The van der Waals surface area contributed by atoms with Gasteiger partial charge in [-0.1, -0.05) is 6.07 Å². The van der Waals surface area contributed by atoms with Crippen LogP contribution in [-0.4, -0.2) is 29.7 Å². The van der Waals surface area contributed by atoms with Gasteiger partial charge in [-0.05, 0) is 38.2 Å². The minimum atomic E-state index is -0.0121. The Kier molecular flexibility index (Phi) is 5.66. The van der Waals surface area contributed by atoms with Gasteiger partial charge >= 0.3 is 0 Å². The van der Waals surface area contributed by atoms with Crippen LogP contribution >= 0.6 is 0 Å². The van der Waals surface area contributed by atoms with Crippen molar-refractivity contribution >= 4 is 11.6 Å². The Hall–Kier alpha value is -2.47. The summed E-state index contributed by atoms with van der Waals surface area (Å²) in [5.41, 5.74) is 0.700. The maximum Gasteiger partial charge on any atom is 0.238 e. The van der Waals surface area contributed by atoms with E-state index < -0.39 is 0 Å². The Bertz CT molecular complexity index is 575. The minimum Gasteiger partial charge on any atom is -0.437 e. The molecule has 21 heavy (non-hydrogen) atoms. The maximum absolute atomic E-state index is 11.8. The normalized spacial score (nSPS) is 10.1. The van der Waals surface area contributed by atoms with Crippen molar-refractivity contribution in [1.29, 1.82) is 0 Å². The lowest BCUT2D eigenvalue weighted by Gasteiger charge is -2.08. The van der Waals surface area contributed by atoms with Gasteiger partial charge in [-0.2, -0.15) is 5.10 Å². The van der Waals surface area contributed by atoms with Gasteiger partial charge in [0.25, 0.3) is 0 Å². The standard InChI is InChI=1S/C15H18N4O2/c1-16-9-3-7-14(20)18-12-5-2-6-13(11-12)21-15-8-4-10-17-19-15/h2,4-6,8,10-11,16H,3,7,9H2,1H3,(H,18,20). The van der Waals surface area contributed by atoms with Crippen molar-refractivity contribution in [3.8, 4) is 11.6 Å². The molecule has 0 spiro atoms. The number of anilines is 1. The molecule has 1 aromatic carbocycles. The van der Waals surface area contributed by atoms with Crippen LogP contribution in [0.25, 0.3) is 0 Å². The molecule has 2 N–H and O–H groups in total. The molecule has 0 saturated carbocycles. The van der Waals surface area contributed by atoms with E-state index in [0.717, 1.165) is 13.0 Å². The van der Waals surface area contributed by atoms with E-state index in [1.165, 1.54) is 0 Å². The maximum atomic E-state index is 11.8. The zero-order valence-electron chi connectivity index (χ0n) is 11.9. The number of hydrogen-bond donors (Lipinski definition) is 2. The zero-order valence-corrected chi connectivity index (χ0v) is 11.9. The van der Waals surface area contributed by atoms with E-state index in [-0.39, 0.29) is 5.91 Å². The first-order valence-corrected chi connectivity index (χ1v) is 6.78. The first-order chi connectivity index (χ1) is 10.3. The predicted octanol–water partition coefficient (Wildman–Crippen LogP) is 2.21. The number of carbonyl (C=O) groups is 1. The molecule has 0 saturated heterocycles. The average molecular weight is 286 g/mol. The number of nitrogens with one attached hydrogen (secondary N) is 2. The minimum absolute atomic E-state index is 0.0121. The molecule has 1 heterocycles. The van der Waals surface area contributed by atoms with E-state index in [2.05, 4.69) is 20.8 Å². The second-order valence-electron chi connectivity index (χ2n) is 4.45. The largest absolute Gasteiger partial charge is 0.437 e. The molecule has 110 valence electrons. The van der Waals surface area contributed by atoms with Crippen molar-refractivity contribution in [3.63, 3.8) is 0 Å². The van der Waals surface area contributed by atoms with Crippen molar-refractivity contribution < 1.29 is 9.53 Å². The Morgan fingerprint density at radius 2 is 2.19 bits per heavy atom. The summed E-state index contributed by atoms with van der Waals surface area (Å²) in [5.74, 6) is 1.00. The van der Waals surface area contributed by atoms with Crippen LogP contribution in [0.4, 0.5) is 5.69 Å². The summed E-state index contributed by atoms with van der Waals surface area (Å²) in [4.78, 5) is 11.8. The fourth-order valence-electron chi connectivity index (χ4n) is 1.75. The summed E-state index contributed by atoms with van der Waals surface area (Å²) in [6.45, 7) is 0.823. The highest BCUT2D eigenvalue weighted by Gasteiger charge is 2.04. The Balaban J connectivity index is 1.93. The Labute approximate surface area is 123 Å². The second-order valence-corrected chi connectivity index (χ2v) is 4.45. The number of benzene rings is 1. The molecule has 0 aliphatic carbocycles. The number of rotatable bonds is 7. The van der Waals surface area contributed by atoms with E-state index in [0.29, 0.717) is 23.7 Å². The highest BCUT2D eigenvalue weighted by Crippen LogP contribution is 2.22. The fourth-order valence-corrected chi connectivity index (χ4v) is 1.75. The fraction of sp³-hybridized carbons (Fsp3) is 0.267. The van der Waals surface area contributed by atoms with Crippen LogP contribution in [-0.2, 0) is 4.79 Å². The molecule has 1 amide bonds. The summed E-state index contributed by atoms with van der Waals surface area (Å²) in [6.07, 6.45) is 2.86. The van der Waals surface area contributed by atoms with Gasteiger partial charge in [0.1, 0.15) is 5.75 Å². The third-order valence-corrected chi connectivity index (χ3v) is 2.72. The number of carbonyl (C=O) groups excluding carboxylic acids is 1. The lowest BCUT2D eigenvalue weighted by atomic mass is 10.2. The molecule has 0 aliphatic rings. The van der Waals surface area contributed by atoms with Crippen LogP contribution < -0.4 is 15.4 Å². The van der Waals surface area contributed by atoms with Crippen LogP contribution in [0.3, 0.4) is 0 Å². The summed E-state index contributed by atoms with van der Waals surface area (Å²) in [5, 5.41) is 13.4. The van der Waals surface area contributed by atoms with E-state index >= 15 is 0 Å². The molecule has 2 rings (SSSR count). The number of amides is 1. The van der Waals surface area contributed by atoms with Crippen LogP contribution in [0.1, 0.15) is 12.8 Å². The number of ether oxygens (including phenoxy) is 1. The van der Waals surface area contributed by atoms with Gasteiger partial charge in [0, 0.05) is 30.4 Å². The summed E-state index contributed by atoms with van der Waals surface area (Å²) in [6, 6.07) is 10.6. The van der Waals surface area contributed by atoms with Crippen LogP contribution in [0.15, 0.2) is 42.6 Å². The van der Waals surface area contributed by atoms with Crippen molar-refractivity contribution in [2.75, 3.05) is 18.9 Å². The van der Waals surface area contributed by atoms with Gasteiger partial charge < -0.3 is 15.4 Å². The van der Waals surface area contributed by atoms with Crippen LogP contribution in [0, 0.1) is 0 Å². The molecular formula is C15H18N4O2. The molecule has 1 aromatic heterocycles. The molecule has 6 nitrogen and oxygen atoms in total. The van der Waals surface area contributed by atoms with Crippen LogP contribution in [0.2, 0.25) is 0 Å². The van der Waals surface area contributed by atoms with Crippen molar-refractivity contribution in [3.05, 3.63) is 42.6 Å². The third-order valence-electron chi connectivity index (χ3n) is 2.72. The highest BCUT2D eigenvalue weighted by atomic mass is 16.5. The van der Waals surface area contributed by atoms with Gasteiger partial charge in [0.15, 0.2) is 0 Å². The average Bonchev–Trinajstić information content (AvgIpc) is 2.49. The lowest BCUT2D eigenvalue weighted by molar-refractivity contribution is -0.116. The first kappa shape index (κ1) is 14.9. The molecule has 0 unspecified atom stereocenters. The summed E-state index contributed by atoms with van der Waals surface area (Å²) < 4.78 is 5.56. The van der Waals surface area contributed by atoms with E-state index in [4.69, 9.17) is 4.74 Å². The molecule has 0 atom stereocenters. The molecule has 0 bridgehead atoms. The van der Waals surface area contributed by atoms with E-state index in [1.807, 2.05) is 19.2 Å².